The zero-order valence-electron chi connectivity index (χ0n) is 15.1. The van der Waals surface area contributed by atoms with Crippen LogP contribution in [0.5, 0.6) is 0 Å². The molecule has 10 nitrogen and oxygen atoms in total. The molecule has 26 heavy (non-hydrogen) atoms. The summed E-state index contributed by atoms with van der Waals surface area (Å²) >= 11 is 0. The Morgan fingerprint density at radius 3 is 1.12 bits per heavy atom. The third-order valence-electron chi connectivity index (χ3n) is 3.90. The van der Waals surface area contributed by atoms with Gasteiger partial charge in [0.25, 0.3) is 0 Å². The molecule has 0 unspecified atom stereocenters. The second-order valence-electron chi connectivity index (χ2n) is 5.08. The molecule has 0 saturated heterocycles. The fraction of sp³-hybridized carbons (Fsp3) is 0.438. The number of rotatable bonds is 5. The van der Waals surface area contributed by atoms with Gasteiger partial charge in [-0.3, -0.25) is 4.79 Å². The van der Waals surface area contributed by atoms with E-state index in [1.807, 2.05) is 0 Å². The average Bonchev–Trinajstić information content (AvgIpc) is 2.94. The lowest BCUT2D eigenvalue weighted by molar-refractivity contribution is -0.153. The molecule has 0 heterocycles. The highest BCUT2D eigenvalue weighted by Gasteiger charge is 2.59. The quantitative estimate of drug-likeness (QED) is 0.459. The lowest BCUT2D eigenvalue weighted by Crippen LogP contribution is -2.38. The summed E-state index contributed by atoms with van der Waals surface area (Å²) in [5.41, 5.74) is -4.64. The van der Waals surface area contributed by atoms with Crippen molar-refractivity contribution in [3.8, 4) is 0 Å². The summed E-state index contributed by atoms with van der Waals surface area (Å²) in [5, 5.41) is 0. The molecule has 0 fully saturated rings. The number of hydrogen-bond acceptors (Lipinski definition) is 10. The molecular formula is C16H18O10. The van der Waals surface area contributed by atoms with Crippen LogP contribution in [0.2, 0.25) is 0 Å². The molecule has 0 aromatic rings. The molecule has 1 aliphatic carbocycles. The molecule has 0 aromatic carbocycles. The first-order valence-corrected chi connectivity index (χ1v) is 7.08. The van der Waals surface area contributed by atoms with E-state index in [0.717, 1.165) is 42.5 Å². The summed E-state index contributed by atoms with van der Waals surface area (Å²) in [6, 6.07) is 0. The number of carbonyl (C=O) groups excluding carboxylic acids is 5. The SMILES string of the molecule is COC(=O)C1=C(C(=O)OC)C(C)(C(=O)OC)C(C(=O)OC)=C1C(=O)OC. The summed E-state index contributed by atoms with van der Waals surface area (Å²) in [4.78, 5) is 61.8. The van der Waals surface area contributed by atoms with Crippen LogP contribution in [0.15, 0.2) is 22.3 Å². The van der Waals surface area contributed by atoms with E-state index >= 15 is 0 Å². The van der Waals surface area contributed by atoms with E-state index < -0.39 is 57.6 Å². The van der Waals surface area contributed by atoms with Crippen LogP contribution in [0, 0.1) is 5.41 Å². The highest BCUT2D eigenvalue weighted by molar-refractivity contribution is 6.23. The van der Waals surface area contributed by atoms with Gasteiger partial charge in [0.05, 0.1) is 57.8 Å². The summed E-state index contributed by atoms with van der Waals surface area (Å²) in [6.07, 6.45) is 0. The van der Waals surface area contributed by atoms with Gasteiger partial charge in [0.1, 0.15) is 5.41 Å². The Balaban J connectivity index is 4.12. The lowest BCUT2D eigenvalue weighted by Gasteiger charge is -2.26. The molecule has 0 N–H and O–H groups in total. The van der Waals surface area contributed by atoms with Gasteiger partial charge in [0, 0.05) is 0 Å². The standard InChI is InChI=1S/C16H18O10/c1-16(15(21)26-6)9(13(19)24-4)7(11(17)22-2)8(12(18)23-3)10(16)14(20)25-5/h1-6H3. The Kier molecular flexibility index (Phi) is 6.27. The zero-order chi connectivity index (χ0) is 20.2. The Hall–Kier alpha value is -3.17. The molecule has 0 atom stereocenters. The summed E-state index contributed by atoms with van der Waals surface area (Å²) in [5.74, 6) is -5.68. The van der Waals surface area contributed by atoms with Gasteiger partial charge in [-0.15, -0.1) is 0 Å². The van der Waals surface area contributed by atoms with E-state index in [2.05, 4.69) is 23.7 Å². The van der Waals surface area contributed by atoms with Crippen LogP contribution < -0.4 is 0 Å². The van der Waals surface area contributed by atoms with Gasteiger partial charge in [0.2, 0.25) is 0 Å². The van der Waals surface area contributed by atoms with Gasteiger partial charge >= 0.3 is 29.8 Å². The Morgan fingerprint density at radius 2 is 0.885 bits per heavy atom. The predicted molar refractivity (Wildman–Crippen MR) is 82.2 cm³/mol. The molecule has 0 bridgehead atoms. The smallest absolute Gasteiger partial charge is 0.339 e. The monoisotopic (exact) mass is 370 g/mol. The van der Waals surface area contributed by atoms with E-state index in [1.165, 1.54) is 0 Å². The Bertz CT molecular complexity index is 688. The van der Waals surface area contributed by atoms with Gasteiger partial charge in [-0.2, -0.15) is 0 Å². The molecule has 10 heteroatoms. The number of methoxy groups -OCH3 is 5. The molecule has 0 amide bonds. The van der Waals surface area contributed by atoms with Crippen molar-refractivity contribution in [2.24, 2.45) is 5.41 Å². The van der Waals surface area contributed by atoms with Crippen LogP contribution in [-0.2, 0) is 47.7 Å². The van der Waals surface area contributed by atoms with Gasteiger partial charge < -0.3 is 23.7 Å². The average molecular weight is 370 g/mol. The minimum Gasteiger partial charge on any atom is -0.468 e. The third kappa shape index (κ3) is 2.93. The highest BCUT2D eigenvalue weighted by Crippen LogP contribution is 2.49. The summed E-state index contributed by atoms with van der Waals surface area (Å²) in [6.45, 7) is 1.12. The van der Waals surface area contributed by atoms with Crippen LogP contribution in [0.1, 0.15) is 6.92 Å². The van der Waals surface area contributed by atoms with Gasteiger partial charge in [-0.25, -0.2) is 19.2 Å². The number of hydrogen-bond donors (Lipinski definition) is 0. The van der Waals surface area contributed by atoms with E-state index in [-0.39, 0.29) is 0 Å². The minimum absolute atomic E-state index is 0.598. The van der Waals surface area contributed by atoms with E-state index in [4.69, 9.17) is 0 Å². The van der Waals surface area contributed by atoms with Crippen molar-refractivity contribution < 1.29 is 47.7 Å². The molecule has 1 aliphatic rings. The number of ether oxygens (including phenoxy) is 5. The van der Waals surface area contributed by atoms with Crippen molar-refractivity contribution in [1.29, 1.82) is 0 Å². The molecule has 0 saturated carbocycles. The Morgan fingerprint density at radius 1 is 0.577 bits per heavy atom. The van der Waals surface area contributed by atoms with E-state index in [0.29, 0.717) is 0 Å². The van der Waals surface area contributed by atoms with Crippen LogP contribution in [0.25, 0.3) is 0 Å². The molecule has 142 valence electrons. The van der Waals surface area contributed by atoms with Gasteiger partial charge in [0.15, 0.2) is 0 Å². The molecule has 0 aromatic heterocycles. The highest BCUT2D eigenvalue weighted by atomic mass is 16.5. The Labute approximate surface area is 148 Å². The molecular weight excluding hydrogens is 352 g/mol. The van der Waals surface area contributed by atoms with Crippen molar-refractivity contribution in [1.82, 2.24) is 0 Å². The van der Waals surface area contributed by atoms with Crippen molar-refractivity contribution >= 4 is 29.8 Å². The lowest BCUT2D eigenvalue weighted by atomic mass is 9.77. The van der Waals surface area contributed by atoms with Crippen LogP contribution in [-0.4, -0.2) is 65.4 Å². The summed E-state index contributed by atoms with van der Waals surface area (Å²) in [7, 11) is 4.98. The largest absolute Gasteiger partial charge is 0.468 e. The van der Waals surface area contributed by atoms with E-state index in [9.17, 15) is 24.0 Å². The first kappa shape index (κ1) is 20.9. The van der Waals surface area contributed by atoms with Crippen LogP contribution in [0.4, 0.5) is 0 Å². The first-order valence-electron chi connectivity index (χ1n) is 7.08. The first-order chi connectivity index (χ1) is 12.2. The normalized spacial score (nSPS) is 15.3. The molecule has 1 rings (SSSR count). The maximum atomic E-state index is 12.5. The molecule has 0 aliphatic heterocycles. The number of esters is 5. The predicted octanol–water partition coefficient (Wildman–Crippen LogP) is -0.535. The van der Waals surface area contributed by atoms with Gasteiger partial charge in [-0.1, -0.05) is 0 Å². The maximum absolute atomic E-state index is 12.5. The topological polar surface area (TPSA) is 132 Å². The third-order valence-corrected chi connectivity index (χ3v) is 3.90. The second kappa shape index (κ2) is 7.81. The van der Waals surface area contributed by atoms with Crippen molar-refractivity contribution in [3.63, 3.8) is 0 Å². The second-order valence-corrected chi connectivity index (χ2v) is 5.08. The maximum Gasteiger partial charge on any atom is 0.339 e. The minimum atomic E-state index is -2.16. The van der Waals surface area contributed by atoms with Crippen LogP contribution >= 0.6 is 0 Å². The fourth-order valence-corrected chi connectivity index (χ4v) is 2.71. The zero-order valence-corrected chi connectivity index (χ0v) is 15.1. The number of carbonyl (C=O) groups is 5. The van der Waals surface area contributed by atoms with Crippen molar-refractivity contribution in [2.45, 2.75) is 6.92 Å². The molecule has 0 spiro atoms. The van der Waals surface area contributed by atoms with Crippen molar-refractivity contribution in [3.05, 3.63) is 22.3 Å². The van der Waals surface area contributed by atoms with Crippen LogP contribution in [0.3, 0.4) is 0 Å². The van der Waals surface area contributed by atoms with Crippen molar-refractivity contribution in [2.75, 3.05) is 35.5 Å². The fourth-order valence-electron chi connectivity index (χ4n) is 2.71. The molecule has 0 radical (unpaired) electrons. The summed E-state index contributed by atoms with van der Waals surface area (Å²) < 4.78 is 23.1. The van der Waals surface area contributed by atoms with Gasteiger partial charge in [-0.05, 0) is 6.92 Å². The van der Waals surface area contributed by atoms with E-state index in [1.54, 1.807) is 0 Å².